The summed E-state index contributed by atoms with van der Waals surface area (Å²) in [5.74, 6) is -3.72. The van der Waals surface area contributed by atoms with Crippen molar-refractivity contribution in [2.75, 3.05) is 5.32 Å². The van der Waals surface area contributed by atoms with E-state index in [2.05, 4.69) is 5.32 Å². The van der Waals surface area contributed by atoms with Crippen LogP contribution >= 0.6 is 0 Å². The van der Waals surface area contributed by atoms with Gasteiger partial charge in [-0.15, -0.1) is 0 Å². The minimum atomic E-state index is -1.93. The van der Waals surface area contributed by atoms with Gasteiger partial charge >= 0.3 is 5.97 Å². The van der Waals surface area contributed by atoms with Crippen molar-refractivity contribution >= 4 is 23.3 Å². The van der Waals surface area contributed by atoms with Crippen LogP contribution < -0.4 is 10.1 Å². The summed E-state index contributed by atoms with van der Waals surface area (Å²) in [7, 11) is 0. The zero-order valence-electron chi connectivity index (χ0n) is 17.6. The molecular weight excluding hydrogens is 438 g/mol. The Morgan fingerprint density at radius 3 is 2.18 bits per heavy atom. The number of phenolic OH excluding ortho intramolecular Hbond substituents is 1. The third kappa shape index (κ3) is 5.12. The normalized spacial score (nSPS) is 24.7. The second kappa shape index (κ2) is 9.55. The summed E-state index contributed by atoms with van der Waals surface area (Å²) in [4.78, 5) is 35.8. The second-order valence-electron chi connectivity index (χ2n) is 7.60. The van der Waals surface area contributed by atoms with Crippen LogP contribution in [-0.2, 0) is 14.3 Å². The van der Waals surface area contributed by atoms with Crippen LogP contribution in [0.5, 0.6) is 11.5 Å². The van der Waals surface area contributed by atoms with E-state index in [4.69, 9.17) is 9.47 Å². The number of phenols is 1. The van der Waals surface area contributed by atoms with Crippen molar-refractivity contribution in [3.05, 3.63) is 53.1 Å². The maximum atomic E-state index is 13.0. The van der Waals surface area contributed by atoms with Gasteiger partial charge in [-0.25, -0.2) is 4.79 Å². The summed E-state index contributed by atoms with van der Waals surface area (Å²) in [5, 5.41) is 52.0. The van der Waals surface area contributed by atoms with Gasteiger partial charge in [0.15, 0.2) is 23.4 Å². The van der Waals surface area contributed by atoms with Crippen LogP contribution in [0.2, 0.25) is 0 Å². The number of ketones is 1. The van der Waals surface area contributed by atoms with Crippen molar-refractivity contribution in [1.29, 1.82) is 0 Å². The summed E-state index contributed by atoms with van der Waals surface area (Å²) < 4.78 is 10.5. The second-order valence-corrected chi connectivity index (χ2v) is 7.60. The third-order valence-electron chi connectivity index (χ3n) is 5.02. The molecular formula is C22H23NO10. The highest BCUT2D eigenvalue weighted by molar-refractivity contribution is 6.10. The molecule has 2 aromatic carbocycles. The number of carboxylic acids is 1. The minimum absolute atomic E-state index is 0.00364. The number of aliphatic hydroxyl groups is 3. The first-order valence-corrected chi connectivity index (χ1v) is 9.84. The number of hydrogen-bond donors (Lipinski definition) is 6. The van der Waals surface area contributed by atoms with Gasteiger partial charge in [-0.2, -0.15) is 0 Å². The summed E-state index contributed by atoms with van der Waals surface area (Å²) >= 11 is 0. The average Bonchev–Trinajstić information content (AvgIpc) is 2.76. The van der Waals surface area contributed by atoms with E-state index in [9.17, 15) is 39.9 Å². The summed E-state index contributed by atoms with van der Waals surface area (Å²) in [6.07, 6.45) is -9.52. The number of carbonyl (C=O) groups excluding carboxylic acids is 2. The molecule has 1 fully saturated rings. The lowest BCUT2D eigenvalue weighted by Gasteiger charge is -2.38. The number of aliphatic carboxylic acids is 1. The van der Waals surface area contributed by atoms with Gasteiger partial charge in [0.25, 0.3) is 0 Å². The molecule has 33 heavy (non-hydrogen) atoms. The Bertz CT molecular complexity index is 1070. The molecule has 0 aromatic heterocycles. The maximum Gasteiger partial charge on any atom is 0.335 e. The third-order valence-corrected chi connectivity index (χ3v) is 5.02. The number of nitrogens with one attached hydrogen (secondary N) is 1. The van der Waals surface area contributed by atoms with Crippen LogP contribution in [0.15, 0.2) is 36.4 Å². The topological polar surface area (TPSA) is 183 Å². The quantitative estimate of drug-likeness (QED) is 0.256. The van der Waals surface area contributed by atoms with Crippen molar-refractivity contribution < 1.29 is 49.4 Å². The number of aliphatic hydroxyl groups excluding tert-OH is 3. The smallest absolute Gasteiger partial charge is 0.335 e. The molecule has 176 valence electrons. The maximum absolute atomic E-state index is 13.0. The monoisotopic (exact) mass is 461 g/mol. The summed E-state index contributed by atoms with van der Waals surface area (Å²) in [6, 6.07) is 8.98. The zero-order chi connectivity index (χ0) is 24.4. The van der Waals surface area contributed by atoms with Crippen molar-refractivity contribution in [2.45, 2.75) is 44.6 Å². The Kier molecular flexibility index (Phi) is 6.98. The highest BCUT2D eigenvalue weighted by Crippen LogP contribution is 2.38. The van der Waals surface area contributed by atoms with Gasteiger partial charge in [0.2, 0.25) is 12.2 Å². The molecule has 1 aliphatic heterocycles. The number of ether oxygens (including phenoxy) is 2. The molecule has 1 amide bonds. The van der Waals surface area contributed by atoms with Gasteiger partial charge in [-0.05, 0) is 19.1 Å². The summed E-state index contributed by atoms with van der Waals surface area (Å²) in [6.45, 7) is 3.03. The predicted octanol–water partition coefficient (Wildman–Crippen LogP) is 0.161. The van der Waals surface area contributed by atoms with Gasteiger partial charge in [0.05, 0.1) is 5.69 Å². The summed E-state index contributed by atoms with van der Waals surface area (Å²) in [5.41, 5.74) is 1.05. The largest absolute Gasteiger partial charge is 0.503 e. The lowest BCUT2D eigenvalue weighted by atomic mass is 9.99. The van der Waals surface area contributed by atoms with Gasteiger partial charge in [-0.3, -0.25) is 9.59 Å². The number of aryl methyl sites for hydroxylation is 1. The van der Waals surface area contributed by atoms with Crippen molar-refractivity contribution in [1.82, 2.24) is 0 Å². The standard InChI is InChI=1S/C22H23NO10/c1-9-3-5-11(6-4-9)15(25)12-7-13(23-10(2)24)16(26)14(8-12)32-22-19(29)17(27)18(28)20(33-22)21(30)31/h3-8,17-20,22,26-29H,1-2H3,(H,23,24)(H,30,31)/t17-,18-,19+,20-,22+/m0/s1. The molecule has 1 aliphatic rings. The van der Waals surface area contributed by atoms with Crippen LogP contribution in [0.1, 0.15) is 28.4 Å². The number of benzene rings is 2. The highest BCUT2D eigenvalue weighted by Gasteiger charge is 2.48. The van der Waals surface area contributed by atoms with Crippen LogP contribution in [-0.4, -0.2) is 73.9 Å². The van der Waals surface area contributed by atoms with Crippen molar-refractivity contribution in [2.24, 2.45) is 0 Å². The molecule has 0 saturated carbocycles. The van der Waals surface area contributed by atoms with Crippen LogP contribution in [0.4, 0.5) is 5.69 Å². The number of aromatic hydroxyl groups is 1. The molecule has 11 nitrogen and oxygen atoms in total. The number of hydrogen-bond acceptors (Lipinski definition) is 9. The lowest BCUT2D eigenvalue weighted by molar-refractivity contribution is -0.271. The highest BCUT2D eigenvalue weighted by atomic mass is 16.7. The molecule has 2 aromatic rings. The average molecular weight is 461 g/mol. The molecule has 0 unspecified atom stereocenters. The zero-order valence-corrected chi connectivity index (χ0v) is 17.6. The fraction of sp³-hybridized carbons (Fsp3) is 0.318. The van der Waals surface area contributed by atoms with E-state index in [-0.39, 0.29) is 11.3 Å². The van der Waals surface area contributed by atoms with Gasteiger partial charge < -0.3 is 40.3 Å². The number of carboxylic acid groups (broad SMARTS) is 1. The molecule has 5 atom stereocenters. The molecule has 0 bridgehead atoms. The number of carbonyl (C=O) groups is 3. The van der Waals surface area contributed by atoms with E-state index in [1.807, 2.05) is 6.92 Å². The molecule has 1 heterocycles. The van der Waals surface area contributed by atoms with E-state index in [0.717, 1.165) is 11.6 Å². The van der Waals surface area contributed by atoms with E-state index < -0.39 is 59.9 Å². The minimum Gasteiger partial charge on any atom is -0.503 e. The van der Waals surface area contributed by atoms with Crippen molar-refractivity contribution in [3.8, 4) is 11.5 Å². The molecule has 0 aliphatic carbocycles. The van der Waals surface area contributed by atoms with Gasteiger partial charge in [-0.1, -0.05) is 29.8 Å². The molecule has 11 heteroatoms. The van der Waals surface area contributed by atoms with Crippen LogP contribution in [0.3, 0.4) is 0 Å². The Balaban J connectivity index is 2.00. The first-order chi connectivity index (χ1) is 15.5. The molecule has 0 spiro atoms. The van der Waals surface area contributed by atoms with E-state index in [0.29, 0.717) is 5.56 Å². The number of rotatable bonds is 6. The first kappa shape index (κ1) is 24.1. The van der Waals surface area contributed by atoms with Gasteiger partial charge in [0.1, 0.15) is 18.3 Å². The Morgan fingerprint density at radius 1 is 0.970 bits per heavy atom. The fourth-order valence-electron chi connectivity index (χ4n) is 3.26. The SMILES string of the molecule is CC(=O)Nc1cc(C(=O)c2ccc(C)cc2)cc(O[C@@H]2O[C@H](C(=O)O)[C@@H](O)[C@H](O)[C@H]2O)c1O. The lowest BCUT2D eigenvalue weighted by Crippen LogP contribution is -2.61. The molecule has 6 N–H and O–H groups in total. The number of amides is 1. The van der Waals surface area contributed by atoms with Crippen molar-refractivity contribution in [3.63, 3.8) is 0 Å². The predicted molar refractivity (Wildman–Crippen MR) is 112 cm³/mol. The van der Waals surface area contributed by atoms with Crippen LogP contribution in [0, 0.1) is 6.92 Å². The van der Waals surface area contributed by atoms with Crippen LogP contribution in [0.25, 0.3) is 0 Å². The molecule has 0 radical (unpaired) electrons. The first-order valence-electron chi connectivity index (χ1n) is 9.84. The fourth-order valence-corrected chi connectivity index (χ4v) is 3.26. The van der Waals surface area contributed by atoms with E-state index >= 15 is 0 Å². The molecule has 1 saturated heterocycles. The molecule has 3 rings (SSSR count). The van der Waals surface area contributed by atoms with Gasteiger partial charge in [0, 0.05) is 18.1 Å². The van der Waals surface area contributed by atoms with E-state index in [1.165, 1.54) is 13.0 Å². The Hall–Kier alpha value is -3.51. The van der Waals surface area contributed by atoms with E-state index in [1.54, 1.807) is 24.3 Å². The Morgan fingerprint density at radius 2 is 1.61 bits per heavy atom. The Labute approximate surface area is 187 Å². The number of anilines is 1.